The smallest absolute Gasteiger partial charge is 0.215 e. The molecule has 106 valence electrons. The zero-order valence-electron chi connectivity index (χ0n) is 10.2. The number of halogens is 2. The highest BCUT2D eigenvalue weighted by Gasteiger charge is 2.35. The van der Waals surface area contributed by atoms with Gasteiger partial charge in [-0.3, -0.25) is 0 Å². The fourth-order valence-corrected chi connectivity index (χ4v) is 3.89. The van der Waals surface area contributed by atoms with E-state index in [4.69, 9.17) is 23.2 Å². The Bertz CT molecular complexity index is 550. The van der Waals surface area contributed by atoms with Gasteiger partial charge >= 0.3 is 0 Å². The van der Waals surface area contributed by atoms with Gasteiger partial charge in [0.2, 0.25) is 10.0 Å². The van der Waals surface area contributed by atoms with Crippen LogP contribution in [0.4, 0.5) is 0 Å². The molecule has 0 saturated heterocycles. The standard InChI is InChI=1S/C12H15Cl2NO3S/c13-10-3-1-4-11(14)9(10)7-19(17,18)15-8-12(16)5-2-6-12/h1,3-4,15-16H,2,5-8H2. The minimum absolute atomic E-state index is 0.0391. The highest BCUT2D eigenvalue weighted by molar-refractivity contribution is 7.88. The Morgan fingerprint density at radius 1 is 1.26 bits per heavy atom. The van der Waals surface area contributed by atoms with Crippen molar-refractivity contribution in [2.75, 3.05) is 6.54 Å². The van der Waals surface area contributed by atoms with Crippen molar-refractivity contribution in [2.45, 2.75) is 30.6 Å². The molecule has 0 aliphatic heterocycles. The highest BCUT2D eigenvalue weighted by atomic mass is 35.5. The first kappa shape index (κ1) is 15.1. The number of nitrogens with one attached hydrogen (secondary N) is 1. The van der Waals surface area contributed by atoms with Gasteiger partial charge in [-0.25, -0.2) is 13.1 Å². The summed E-state index contributed by atoms with van der Waals surface area (Å²) in [5.41, 5.74) is -0.518. The maximum Gasteiger partial charge on any atom is 0.215 e. The maximum atomic E-state index is 12.0. The van der Waals surface area contributed by atoms with Crippen molar-refractivity contribution >= 4 is 33.2 Å². The average Bonchev–Trinajstić information content (AvgIpc) is 2.29. The summed E-state index contributed by atoms with van der Waals surface area (Å²) < 4.78 is 26.3. The Morgan fingerprint density at radius 2 is 1.84 bits per heavy atom. The molecule has 0 unspecified atom stereocenters. The molecule has 0 atom stereocenters. The molecule has 7 heteroatoms. The van der Waals surface area contributed by atoms with Crippen LogP contribution in [0.25, 0.3) is 0 Å². The van der Waals surface area contributed by atoms with Crippen molar-refractivity contribution in [1.82, 2.24) is 4.72 Å². The molecule has 1 aromatic carbocycles. The highest BCUT2D eigenvalue weighted by Crippen LogP contribution is 2.31. The molecule has 1 fully saturated rings. The predicted molar refractivity (Wildman–Crippen MR) is 75.9 cm³/mol. The van der Waals surface area contributed by atoms with Crippen LogP contribution in [0, 0.1) is 0 Å². The van der Waals surface area contributed by atoms with E-state index < -0.39 is 15.6 Å². The lowest BCUT2D eigenvalue weighted by Gasteiger charge is -2.36. The lowest BCUT2D eigenvalue weighted by molar-refractivity contribution is -0.0271. The van der Waals surface area contributed by atoms with E-state index in [2.05, 4.69) is 4.72 Å². The van der Waals surface area contributed by atoms with Crippen LogP contribution in [0.15, 0.2) is 18.2 Å². The van der Waals surface area contributed by atoms with E-state index >= 15 is 0 Å². The van der Waals surface area contributed by atoms with Gasteiger partial charge in [0.15, 0.2) is 0 Å². The molecule has 0 radical (unpaired) electrons. The summed E-state index contributed by atoms with van der Waals surface area (Å²) in [6, 6.07) is 4.85. The summed E-state index contributed by atoms with van der Waals surface area (Å²) in [5.74, 6) is -0.290. The van der Waals surface area contributed by atoms with Crippen molar-refractivity contribution in [3.63, 3.8) is 0 Å². The van der Waals surface area contributed by atoms with Crippen LogP contribution in [0.1, 0.15) is 24.8 Å². The minimum Gasteiger partial charge on any atom is -0.389 e. The van der Waals surface area contributed by atoms with Gasteiger partial charge in [0.25, 0.3) is 0 Å². The van der Waals surface area contributed by atoms with Crippen molar-refractivity contribution in [3.8, 4) is 0 Å². The molecular formula is C12H15Cl2NO3S. The average molecular weight is 324 g/mol. The molecule has 0 spiro atoms. The lowest BCUT2D eigenvalue weighted by Crippen LogP contribution is -2.47. The van der Waals surface area contributed by atoms with E-state index in [1.807, 2.05) is 0 Å². The quantitative estimate of drug-likeness (QED) is 0.873. The normalized spacial score (nSPS) is 18.1. The topological polar surface area (TPSA) is 66.4 Å². The van der Waals surface area contributed by atoms with E-state index in [1.165, 1.54) is 0 Å². The number of benzene rings is 1. The van der Waals surface area contributed by atoms with Gasteiger partial charge in [-0.2, -0.15) is 0 Å². The summed E-state index contributed by atoms with van der Waals surface area (Å²) in [6.07, 6.45) is 2.18. The molecular weight excluding hydrogens is 309 g/mol. The van der Waals surface area contributed by atoms with Crippen LogP contribution in [0.5, 0.6) is 0 Å². The summed E-state index contributed by atoms with van der Waals surface area (Å²) in [5, 5.41) is 10.5. The Kier molecular flexibility index (Phi) is 4.42. The Labute approximate surface area is 122 Å². The van der Waals surface area contributed by atoms with Gasteiger partial charge in [-0.15, -0.1) is 0 Å². The first-order valence-corrected chi connectivity index (χ1v) is 8.35. The van der Waals surface area contributed by atoms with Gasteiger partial charge in [-0.05, 0) is 31.4 Å². The fourth-order valence-electron chi connectivity index (χ4n) is 1.92. The number of hydrogen-bond donors (Lipinski definition) is 2. The summed E-state index contributed by atoms with van der Waals surface area (Å²) in [4.78, 5) is 0. The molecule has 2 rings (SSSR count). The van der Waals surface area contributed by atoms with Crippen molar-refractivity contribution < 1.29 is 13.5 Å². The monoisotopic (exact) mass is 323 g/mol. The SMILES string of the molecule is O=S(=O)(Cc1c(Cl)cccc1Cl)NCC1(O)CCC1. The van der Waals surface area contributed by atoms with E-state index in [0.717, 1.165) is 6.42 Å². The summed E-state index contributed by atoms with van der Waals surface area (Å²) >= 11 is 11.9. The summed E-state index contributed by atoms with van der Waals surface area (Å²) in [6.45, 7) is 0.0391. The van der Waals surface area contributed by atoms with Gasteiger partial charge in [0.05, 0.1) is 11.4 Å². The Morgan fingerprint density at radius 3 is 2.32 bits per heavy atom. The fraction of sp³-hybridized carbons (Fsp3) is 0.500. The maximum absolute atomic E-state index is 12.0. The molecule has 1 aliphatic rings. The zero-order chi connectivity index (χ0) is 14.1. The largest absolute Gasteiger partial charge is 0.389 e. The Hall–Kier alpha value is -0.330. The zero-order valence-corrected chi connectivity index (χ0v) is 12.5. The van der Waals surface area contributed by atoms with Crippen molar-refractivity contribution in [2.24, 2.45) is 0 Å². The number of sulfonamides is 1. The lowest BCUT2D eigenvalue weighted by atomic mass is 9.81. The molecule has 1 aromatic rings. The van der Waals surface area contributed by atoms with Crippen LogP contribution in [0.3, 0.4) is 0 Å². The molecule has 0 amide bonds. The van der Waals surface area contributed by atoms with E-state index in [1.54, 1.807) is 18.2 Å². The summed E-state index contributed by atoms with van der Waals surface area (Å²) in [7, 11) is -3.57. The molecule has 1 saturated carbocycles. The third-order valence-corrected chi connectivity index (χ3v) is 5.26. The van der Waals surface area contributed by atoms with Gasteiger partial charge in [0, 0.05) is 22.2 Å². The van der Waals surface area contributed by atoms with Crippen molar-refractivity contribution in [3.05, 3.63) is 33.8 Å². The molecule has 0 bridgehead atoms. The second-order valence-corrected chi connectivity index (χ2v) is 7.48. The van der Waals surface area contributed by atoms with Crippen molar-refractivity contribution in [1.29, 1.82) is 0 Å². The second kappa shape index (κ2) is 5.58. The first-order valence-electron chi connectivity index (χ1n) is 5.94. The van der Waals surface area contributed by atoms with Crippen LogP contribution < -0.4 is 4.72 Å². The number of aliphatic hydroxyl groups is 1. The molecule has 2 N–H and O–H groups in total. The van der Waals surface area contributed by atoms with E-state index in [9.17, 15) is 13.5 Å². The van der Waals surface area contributed by atoms with Crippen LogP contribution >= 0.6 is 23.2 Å². The minimum atomic E-state index is -3.57. The number of rotatable bonds is 5. The molecule has 4 nitrogen and oxygen atoms in total. The van der Waals surface area contributed by atoms with Gasteiger partial charge < -0.3 is 5.11 Å². The van der Waals surface area contributed by atoms with E-state index in [0.29, 0.717) is 28.5 Å². The third kappa shape index (κ3) is 3.83. The molecule has 0 aromatic heterocycles. The third-order valence-electron chi connectivity index (χ3n) is 3.30. The van der Waals surface area contributed by atoms with E-state index in [-0.39, 0.29) is 12.3 Å². The molecule has 19 heavy (non-hydrogen) atoms. The van der Waals surface area contributed by atoms with Gasteiger partial charge in [-0.1, -0.05) is 29.3 Å². The second-order valence-electron chi connectivity index (χ2n) is 4.86. The predicted octanol–water partition coefficient (Wildman–Crippen LogP) is 2.33. The van der Waals surface area contributed by atoms with Crippen LogP contribution in [-0.4, -0.2) is 25.7 Å². The Balaban J connectivity index is 2.04. The molecule has 0 heterocycles. The molecule has 1 aliphatic carbocycles. The van der Waals surface area contributed by atoms with Crippen LogP contribution in [0.2, 0.25) is 10.0 Å². The van der Waals surface area contributed by atoms with Crippen LogP contribution in [-0.2, 0) is 15.8 Å². The number of hydrogen-bond acceptors (Lipinski definition) is 3. The van der Waals surface area contributed by atoms with Gasteiger partial charge in [0.1, 0.15) is 0 Å². The first-order chi connectivity index (χ1) is 8.81.